The van der Waals surface area contributed by atoms with Gasteiger partial charge in [-0.05, 0) is 19.4 Å². The topological polar surface area (TPSA) is 47.0 Å². The Morgan fingerprint density at radius 1 is 1.48 bits per heavy atom. The Morgan fingerprint density at radius 2 is 2.26 bits per heavy atom. The zero-order chi connectivity index (χ0) is 16.8. The number of piperidine rings is 1. The fourth-order valence-corrected chi connectivity index (χ4v) is 2.60. The van der Waals surface area contributed by atoms with Crippen LogP contribution in [0.5, 0.6) is 0 Å². The molecule has 1 N–H and O–H groups in total. The van der Waals surface area contributed by atoms with E-state index in [1.807, 2.05) is 37.1 Å². The van der Waals surface area contributed by atoms with E-state index in [9.17, 15) is 4.39 Å². The number of pyridine rings is 1. The maximum absolute atomic E-state index is 14.4. The van der Waals surface area contributed by atoms with Gasteiger partial charge in [0.05, 0.1) is 29.8 Å². The van der Waals surface area contributed by atoms with Crippen molar-refractivity contribution in [2.75, 3.05) is 37.5 Å². The summed E-state index contributed by atoms with van der Waals surface area (Å²) in [5, 5.41) is 13.0. The molecule has 7 heteroatoms. The first kappa shape index (κ1) is 17.4. The van der Waals surface area contributed by atoms with Crippen molar-refractivity contribution in [2.24, 2.45) is 5.10 Å². The molecule has 2 rings (SSSR count). The van der Waals surface area contributed by atoms with Crippen molar-refractivity contribution in [2.45, 2.75) is 25.6 Å². The van der Waals surface area contributed by atoms with Crippen LogP contribution in [0.25, 0.3) is 0 Å². The lowest BCUT2D eigenvalue weighted by atomic mass is 10.0. The molecule has 1 saturated heterocycles. The monoisotopic (exact) mass is 320 g/mol. The Hall–Kier alpha value is -1.99. The van der Waals surface area contributed by atoms with Crippen molar-refractivity contribution in [3.05, 3.63) is 31.2 Å². The van der Waals surface area contributed by atoms with E-state index in [-0.39, 0.29) is 6.04 Å². The van der Waals surface area contributed by atoms with Gasteiger partial charge in [-0.2, -0.15) is 5.10 Å². The van der Waals surface area contributed by atoms with Crippen LogP contribution in [0.4, 0.5) is 15.8 Å². The Balaban J connectivity index is 2.05. The molecule has 23 heavy (non-hydrogen) atoms. The molecule has 6 nitrogen and oxygen atoms in total. The van der Waals surface area contributed by atoms with Crippen molar-refractivity contribution < 1.29 is 4.39 Å². The van der Waals surface area contributed by atoms with E-state index in [0.29, 0.717) is 6.54 Å². The second kappa shape index (κ2) is 8.03. The average Bonchev–Trinajstić information content (AvgIpc) is 2.54. The molecule has 126 valence electrons. The van der Waals surface area contributed by atoms with Gasteiger partial charge in [0.2, 0.25) is 0 Å². The van der Waals surface area contributed by atoms with E-state index in [1.165, 1.54) is 0 Å². The number of nitrogens with one attached hydrogen (secondary N) is 1. The van der Waals surface area contributed by atoms with Gasteiger partial charge >= 0.3 is 0 Å². The van der Waals surface area contributed by atoms with Gasteiger partial charge in [-0.15, -0.1) is 0 Å². The zero-order valence-corrected chi connectivity index (χ0v) is 14.0. The van der Waals surface area contributed by atoms with Crippen molar-refractivity contribution in [1.82, 2.24) is 15.0 Å². The number of hydrogen-bond donors (Lipinski definition) is 1. The summed E-state index contributed by atoms with van der Waals surface area (Å²) in [6.45, 7) is 6.79. The number of aromatic nitrogens is 1. The fraction of sp³-hybridized carbons (Fsp3) is 0.500. The minimum Gasteiger partial charge on any atom is -0.378 e. The third-order valence-electron chi connectivity index (χ3n) is 3.84. The molecule has 1 aliphatic heterocycles. The van der Waals surface area contributed by atoms with Crippen LogP contribution in [0.1, 0.15) is 13.3 Å². The van der Waals surface area contributed by atoms with Gasteiger partial charge in [-0.25, -0.2) is 19.4 Å². The lowest BCUT2D eigenvalue weighted by Gasteiger charge is -2.38. The van der Waals surface area contributed by atoms with Crippen LogP contribution in [0, 0.1) is 0 Å². The highest BCUT2D eigenvalue weighted by atomic mass is 19.1. The van der Waals surface area contributed by atoms with E-state index in [4.69, 9.17) is 0 Å². The maximum atomic E-state index is 14.4. The summed E-state index contributed by atoms with van der Waals surface area (Å²) in [4.78, 5) is 4.20. The number of hydrazone groups is 1. The van der Waals surface area contributed by atoms with Crippen LogP contribution in [0.15, 0.2) is 36.3 Å². The second-order valence-corrected chi connectivity index (χ2v) is 5.65. The van der Waals surface area contributed by atoms with Crippen LogP contribution in [-0.2, 0) is 0 Å². The van der Waals surface area contributed by atoms with Gasteiger partial charge in [-0.3, -0.25) is 4.98 Å². The molecule has 2 atom stereocenters. The predicted octanol–water partition coefficient (Wildman–Crippen LogP) is 2.34. The Bertz CT molecular complexity index is 547. The molecule has 1 aromatic rings. The second-order valence-electron chi connectivity index (χ2n) is 5.65. The minimum absolute atomic E-state index is 0.213. The summed E-state index contributed by atoms with van der Waals surface area (Å²) in [5.41, 5.74) is 1.57. The molecule has 0 saturated carbocycles. The molecule has 2 unspecified atom stereocenters. The number of anilines is 2. The highest BCUT2D eigenvalue weighted by Gasteiger charge is 2.30. The lowest BCUT2D eigenvalue weighted by Crippen LogP contribution is -2.52. The summed E-state index contributed by atoms with van der Waals surface area (Å²) < 4.78 is 14.4. The third kappa shape index (κ3) is 4.49. The number of rotatable bonds is 6. The Kier molecular flexibility index (Phi) is 6.06. The summed E-state index contributed by atoms with van der Waals surface area (Å²) >= 11 is 0. The highest BCUT2D eigenvalue weighted by Crippen LogP contribution is 2.23. The first-order valence-electron chi connectivity index (χ1n) is 7.73. The average molecular weight is 320 g/mol. The molecule has 0 amide bonds. The Morgan fingerprint density at radius 3 is 2.87 bits per heavy atom. The third-order valence-corrected chi connectivity index (χ3v) is 3.84. The molecular formula is C16H25FN6. The Labute approximate surface area is 137 Å². The molecule has 1 aromatic heterocycles. The van der Waals surface area contributed by atoms with Crippen molar-refractivity contribution in [3.8, 4) is 0 Å². The molecule has 1 fully saturated rings. The van der Waals surface area contributed by atoms with Gasteiger partial charge < -0.3 is 5.32 Å². The summed E-state index contributed by atoms with van der Waals surface area (Å²) in [6.07, 6.45) is 6.48. The zero-order valence-electron chi connectivity index (χ0n) is 14.0. The predicted molar refractivity (Wildman–Crippen MR) is 93.3 cm³/mol. The fourth-order valence-electron chi connectivity index (χ4n) is 2.60. The van der Waals surface area contributed by atoms with Crippen LogP contribution in [0.2, 0.25) is 0 Å². The number of nitrogens with zero attached hydrogens (tertiary/aromatic N) is 5. The van der Waals surface area contributed by atoms with Gasteiger partial charge in [0, 0.05) is 39.6 Å². The van der Waals surface area contributed by atoms with Crippen LogP contribution in [-0.4, -0.2) is 60.6 Å². The molecule has 0 bridgehead atoms. The molecule has 0 radical (unpaired) electrons. The summed E-state index contributed by atoms with van der Waals surface area (Å²) in [5.74, 6) is 0. The number of hydrogen-bond acceptors (Lipinski definition) is 6. The van der Waals surface area contributed by atoms with E-state index >= 15 is 0 Å². The lowest BCUT2D eigenvalue weighted by molar-refractivity contribution is -0.0251. The number of alkyl halides is 1. The van der Waals surface area contributed by atoms with Gasteiger partial charge in [0.1, 0.15) is 6.17 Å². The number of halogens is 1. The number of hydrazine groups is 1. The van der Waals surface area contributed by atoms with Gasteiger partial charge in [-0.1, -0.05) is 6.58 Å². The van der Waals surface area contributed by atoms with Crippen LogP contribution < -0.4 is 10.3 Å². The molecule has 2 heterocycles. The maximum Gasteiger partial charge on any atom is 0.134 e. The normalized spacial score (nSPS) is 22.5. The molecule has 0 aliphatic carbocycles. The van der Waals surface area contributed by atoms with Gasteiger partial charge in [0.15, 0.2) is 0 Å². The summed E-state index contributed by atoms with van der Waals surface area (Å²) in [6, 6.07) is 1.68. The SMILES string of the molecule is C=CN(/N=C\C)c1cncc(NC2CCN(N(C)C)CC2F)c1. The smallest absolute Gasteiger partial charge is 0.134 e. The molecule has 1 aliphatic rings. The van der Waals surface area contributed by atoms with Crippen LogP contribution >= 0.6 is 0 Å². The first-order valence-corrected chi connectivity index (χ1v) is 7.73. The van der Waals surface area contributed by atoms with E-state index in [2.05, 4.69) is 22.0 Å². The quantitative estimate of drug-likeness (QED) is 0.644. The van der Waals surface area contributed by atoms with Crippen molar-refractivity contribution in [1.29, 1.82) is 0 Å². The van der Waals surface area contributed by atoms with Crippen molar-refractivity contribution >= 4 is 17.6 Å². The van der Waals surface area contributed by atoms with Gasteiger partial charge in [0.25, 0.3) is 0 Å². The highest BCUT2D eigenvalue weighted by molar-refractivity contribution is 5.61. The first-order chi connectivity index (χ1) is 11.0. The van der Waals surface area contributed by atoms with Crippen LogP contribution in [0.3, 0.4) is 0 Å². The van der Waals surface area contributed by atoms with E-state index in [0.717, 1.165) is 24.3 Å². The largest absolute Gasteiger partial charge is 0.378 e. The minimum atomic E-state index is -0.932. The summed E-state index contributed by atoms with van der Waals surface area (Å²) in [7, 11) is 3.87. The van der Waals surface area contributed by atoms with Crippen molar-refractivity contribution in [3.63, 3.8) is 0 Å². The molecular weight excluding hydrogens is 295 g/mol. The molecule has 0 spiro atoms. The standard InChI is InChI=1S/C16H25FN6/c1-5-19-23(6-2)14-9-13(10-18-11-14)20-16-7-8-22(21(3)4)12-15(16)17/h5-6,9-11,15-16,20H,2,7-8,12H2,1,3-4H3/b19-5-. The van der Waals surface area contributed by atoms with E-state index in [1.54, 1.807) is 29.8 Å². The van der Waals surface area contributed by atoms with E-state index < -0.39 is 6.17 Å². The molecule has 0 aromatic carbocycles.